The van der Waals surface area contributed by atoms with Gasteiger partial charge in [-0.1, -0.05) is 6.58 Å². The van der Waals surface area contributed by atoms with E-state index in [0.29, 0.717) is 30.5 Å². The predicted molar refractivity (Wildman–Crippen MR) is 70.7 cm³/mol. The fraction of sp³-hybridized carbons (Fsp3) is 0.727. The zero-order valence-corrected chi connectivity index (χ0v) is 12.1. The van der Waals surface area contributed by atoms with Gasteiger partial charge in [-0.25, -0.2) is 0 Å². The molecule has 0 aliphatic heterocycles. The summed E-state index contributed by atoms with van der Waals surface area (Å²) >= 11 is 0. The topological polar surface area (TPSA) is 74.7 Å². The molecule has 0 spiro atoms. The SMILES string of the molecule is C=CC(=O)N(C)CC[N+](C)(C)CCCS(=O)(=O)O. The smallest absolute Gasteiger partial charge is 0.265 e. The number of likely N-dealkylation sites (N-methyl/N-ethyl adjacent to an activating group) is 2. The van der Waals surface area contributed by atoms with Crippen LogP contribution in [0.25, 0.3) is 0 Å². The minimum Gasteiger partial charge on any atom is -0.337 e. The van der Waals surface area contributed by atoms with Crippen LogP contribution in [0, 0.1) is 0 Å². The lowest BCUT2D eigenvalue weighted by molar-refractivity contribution is -0.889. The van der Waals surface area contributed by atoms with Crippen molar-refractivity contribution >= 4 is 16.0 Å². The van der Waals surface area contributed by atoms with Crippen molar-refractivity contribution in [2.75, 3.05) is 46.5 Å². The molecule has 106 valence electrons. The molecule has 0 aromatic rings. The first-order valence-electron chi connectivity index (χ1n) is 5.72. The second-order valence-electron chi connectivity index (χ2n) is 4.99. The summed E-state index contributed by atoms with van der Waals surface area (Å²) in [4.78, 5) is 12.8. The maximum atomic E-state index is 11.3. The molecule has 0 rings (SSSR count). The summed E-state index contributed by atoms with van der Waals surface area (Å²) in [6.07, 6.45) is 1.66. The van der Waals surface area contributed by atoms with E-state index in [9.17, 15) is 13.2 Å². The molecule has 0 aromatic carbocycles. The first-order chi connectivity index (χ1) is 8.07. The second-order valence-corrected chi connectivity index (χ2v) is 6.56. The van der Waals surface area contributed by atoms with Gasteiger partial charge < -0.3 is 9.38 Å². The van der Waals surface area contributed by atoms with Gasteiger partial charge in [-0.3, -0.25) is 9.35 Å². The quantitative estimate of drug-likeness (QED) is 0.385. The van der Waals surface area contributed by atoms with E-state index in [-0.39, 0.29) is 11.7 Å². The second kappa shape index (κ2) is 6.86. The number of hydrogen-bond acceptors (Lipinski definition) is 3. The number of hydrogen-bond donors (Lipinski definition) is 1. The summed E-state index contributed by atoms with van der Waals surface area (Å²) in [5, 5.41) is 0. The van der Waals surface area contributed by atoms with E-state index in [4.69, 9.17) is 4.55 Å². The van der Waals surface area contributed by atoms with E-state index in [2.05, 4.69) is 6.58 Å². The average Bonchev–Trinajstić information content (AvgIpc) is 2.22. The molecule has 0 aromatic heterocycles. The summed E-state index contributed by atoms with van der Waals surface area (Å²) in [6.45, 7) is 5.32. The van der Waals surface area contributed by atoms with Gasteiger partial charge in [0.1, 0.15) is 0 Å². The molecule has 0 aliphatic rings. The Morgan fingerprint density at radius 2 is 1.94 bits per heavy atom. The lowest BCUT2D eigenvalue weighted by Crippen LogP contribution is -2.46. The molecule has 0 fully saturated rings. The highest BCUT2D eigenvalue weighted by molar-refractivity contribution is 7.85. The van der Waals surface area contributed by atoms with Crippen molar-refractivity contribution in [3.8, 4) is 0 Å². The average molecular weight is 279 g/mol. The third-order valence-corrected chi connectivity index (χ3v) is 3.56. The molecule has 6 nitrogen and oxygen atoms in total. The Balaban J connectivity index is 4.08. The molecule has 18 heavy (non-hydrogen) atoms. The van der Waals surface area contributed by atoms with Crippen LogP contribution in [0.4, 0.5) is 0 Å². The van der Waals surface area contributed by atoms with Crippen LogP contribution in [0.2, 0.25) is 0 Å². The Hall–Kier alpha value is -0.920. The van der Waals surface area contributed by atoms with Crippen LogP contribution < -0.4 is 0 Å². The standard InChI is InChI=1S/C11H22N2O4S/c1-5-11(14)12(2)7-9-13(3,4)8-6-10-18(15,16)17/h5H,1,6-10H2,2-4H3/p+1. The molecule has 0 heterocycles. The van der Waals surface area contributed by atoms with Crippen LogP contribution in [-0.4, -0.2) is 74.8 Å². The van der Waals surface area contributed by atoms with E-state index >= 15 is 0 Å². The first kappa shape index (κ1) is 17.1. The number of carbonyl (C=O) groups is 1. The van der Waals surface area contributed by atoms with Gasteiger partial charge >= 0.3 is 0 Å². The summed E-state index contributed by atoms with van der Waals surface area (Å²) in [5.74, 6) is -0.358. The Kier molecular flexibility index (Phi) is 6.51. The molecule has 1 amide bonds. The molecule has 0 atom stereocenters. The van der Waals surface area contributed by atoms with E-state index in [1.165, 1.54) is 6.08 Å². The molecule has 7 heteroatoms. The minimum absolute atomic E-state index is 0.132. The largest absolute Gasteiger partial charge is 0.337 e. The van der Waals surface area contributed by atoms with Gasteiger partial charge in [-0.15, -0.1) is 0 Å². The number of carbonyl (C=O) groups excluding carboxylic acids is 1. The number of amides is 1. The Labute approximate surface area is 109 Å². The van der Waals surface area contributed by atoms with Crippen molar-refractivity contribution in [1.82, 2.24) is 4.90 Å². The van der Waals surface area contributed by atoms with Gasteiger partial charge in [0.25, 0.3) is 10.1 Å². The summed E-state index contributed by atoms with van der Waals surface area (Å²) in [5.41, 5.74) is 0. The van der Waals surface area contributed by atoms with E-state index in [0.717, 1.165) is 0 Å². The van der Waals surface area contributed by atoms with Gasteiger partial charge in [0, 0.05) is 13.5 Å². The predicted octanol–water partition coefficient (Wildman–Crippen LogP) is -0.0149. The molecule has 0 saturated carbocycles. The number of quaternary nitrogens is 1. The third-order valence-electron chi connectivity index (χ3n) is 2.76. The van der Waals surface area contributed by atoms with E-state index in [1.54, 1.807) is 11.9 Å². The molecule has 0 saturated heterocycles. The van der Waals surface area contributed by atoms with Gasteiger partial charge in [-0.05, 0) is 6.08 Å². The van der Waals surface area contributed by atoms with Crippen LogP contribution in [0.5, 0.6) is 0 Å². The van der Waals surface area contributed by atoms with Crippen molar-refractivity contribution in [1.29, 1.82) is 0 Å². The van der Waals surface area contributed by atoms with Crippen molar-refractivity contribution in [2.45, 2.75) is 6.42 Å². The molecule has 0 unspecified atom stereocenters. The van der Waals surface area contributed by atoms with E-state index in [1.807, 2.05) is 14.1 Å². The maximum absolute atomic E-state index is 11.3. The zero-order chi connectivity index (χ0) is 14.4. The summed E-state index contributed by atoms with van der Waals surface area (Å²) in [6, 6.07) is 0. The normalized spacial score (nSPS) is 12.2. The minimum atomic E-state index is -3.88. The molecule has 0 aliphatic carbocycles. The number of nitrogens with zero attached hydrogens (tertiary/aromatic N) is 2. The van der Waals surface area contributed by atoms with Crippen LogP contribution in [0.1, 0.15) is 6.42 Å². The van der Waals surface area contributed by atoms with Crippen LogP contribution in [0.15, 0.2) is 12.7 Å². The van der Waals surface area contributed by atoms with Crippen LogP contribution in [-0.2, 0) is 14.9 Å². The van der Waals surface area contributed by atoms with E-state index < -0.39 is 10.1 Å². The third kappa shape index (κ3) is 8.21. The Bertz CT molecular complexity index is 390. The van der Waals surface area contributed by atoms with Crippen LogP contribution in [0.3, 0.4) is 0 Å². The van der Waals surface area contributed by atoms with Crippen molar-refractivity contribution in [3.05, 3.63) is 12.7 Å². The van der Waals surface area contributed by atoms with Crippen molar-refractivity contribution < 1.29 is 22.2 Å². The summed E-state index contributed by atoms with van der Waals surface area (Å²) < 4.78 is 30.4. The fourth-order valence-corrected chi connectivity index (χ4v) is 1.97. The van der Waals surface area contributed by atoms with Gasteiger partial charge in [-0.2, -0.15) is 8.42 Å². The highest BCUT2D eigenvalue weighted by Crippen LogP contribution is 2.02. The molecule has 1 N–H and O–H groups in total. The highest BCUT2D eigenvalue weighted by Gasteiger charge is 2.18. The lowest BCUT2D eigenvalue weighted by atomic mass is 10.3. The van der Waals surface area contributed by atoms with Gasteiger partial charge in [0.2, 0.25) is 5.91 Å². The zero-order valence-electron chi connectivity index (χ0n) is 11.3. The maximum Gasteiger partial charge on any atom is 0.265 e. The Morgan fingerprint density at radius 1 is 1.39 bits per heavy atom. The number of rotatable bonds is 8. The van der Waals surface area contributed by atoms with Gasteiger partial charge in [0.05, 0.1) is 39.5 Å². The van der Waals surface area contributed by atoms with Crippen LogP contribution >= 0.6 is 0 Å². The van der Waals surface area contributed by atoms with Crippen molar-refractivity contribution in [3.63, 3.8) is 0 Å². The molecular formula is C11H23N2O4S+. The summed E-state index contributed by atoms with van der Waals surface area (Å²) in [7, 11) is 1.72. The highest BCUT2D eigenvalue weighted by atomic mass is 32.2. The Morgan fingerprint density at radius 3 is 2.39 bits per heavy atom. The lowest BCUT2D eigenvalue weighted by Gasteiger charge is -2.31. The fourth-order valence-electron chi connectivity index (χ4n) is 1.47. The van der Waals surface area contributed by atoms with Gasteiger partial charge in [0.15, 0.2) is 0 Å². The molecular weight excluding hydrogens is 256 g/mol. The first-order valence-corrected chi connectivity index (χ1v) is 7.33. The van der Waals surface area contributed by atoms with Crippen molar-refractivity contribution in [2.24, 2.45) is 0 Å². The molecule has 0 radical (unpaired) electrons. The monoisotopic (exact) mass is 279 g/mol. The molecule has 0 bridgehead atoms.